The molecule has 1 fully saturated rings. The van der Waals surface area contributed by atoms with Crippen molar-refractivity contribution < 1.29 is 9.53 Å². The molecule has 1 aromatic heterocycles. The van der Waals surface area contributed by atoms with Gasteiger partial charge in [-0.2, -0.15) is 0 Å². The number of aromatic nitrogens is 1. The second kappa shape index (κ2) is 7.32. The van der Waals surface area contributed by atoms with Crippen LogP contribution in [-0.4, -0.2) is 28.9 Å². The zero-order valence-electron chi connectivity index (χ0n) is 13.0. The molecule has 23 heavy (non-hydrogen) atoms. The Labute approximate surface area is 145 Å². The Morgan fingerprint density at radius 2 is 1.96 bits per heavy atom. The van der Waals surface area contributed by atoms with Crippen LogP contribution in [0.4, 0.5) is 0 Å². The molecule has 6 heteroatoms. The van der Waals surface area contributed by atoms with Crippen LogP contribution in [0.5, 0.6) is 5.75 Å². The highest BCUT2D eigenvalue weighted by Crippen LogP contribution is 2.24. The molecule has 2 heterocycles. The van der Waals surface area contributed by atoms with Gasteiger partial charge in [0.15, 0.2) is 0 Å². The van der Waals surface area contributed by atoms with Gasteiger partial charge in [0.25, 0.3) is 5.91 Å². The van der Waals surface area contributed by atoms with Crippen molar-refractivity contribution in [1.82, 2.24) is 9.88 Å². The quantitative estimate of drug-likeness (QED) is 0.825. The smallest absolute Gasteiger partial charge is 0.265 e. The van der Waals surface area contributed by atoms with Crippen LogP contribution in [0.1, 0.15) is 39.6 Å². The number of amides is 1. The summed E-state index contributed by atoms with van der Waals surface area (Å²) in [5.41, 5.74) is 0.792. The van der Waals surface area contributed by atoms with E-state index in [-0.39, 0.29) is 5.91 Å². The minimum atomic E-state index is 0.109. The summed E-state index contributed by atoms with van der Waals surface area (Å²) in [6.07, 6.45) is 3.40. The largest absolute Gasteiger partial charge is 0.486 e. The van der Waals surface area contributed by atoms with Gasteiger partial charge in [-0.25, -0.2) is 4.98 Å². The SMILES string of the molecule is Cc1nc(COc2ccc(Cl)cc2)sc1C(=O)N1CCCCC1. The molecule has 0 saturated carbocycles. The number of piperidine rings is 1. The minimum Gasteiger partial charge on any atom is -0.486 e. The lowest BCUT2D eigenvalue weighted by Gasteiger charge is -2.26. The van der Waals surface area contributed by atoms with Gasteiger partial charge in [-0.1, -0.05) is 11.6 Å². The van der Waals surface area contributed by atoms with Crippen molar-refractivity contribution in [2.45, 2.75) is 32.8 Å². The zero-order valence-corrected chi connectivity index (χ0v) is 14.6. The Morgan fingerprint density at radius 1 is 1.26 bits per heavy atom. The van der Waals surface area contributed by atoms with E-state index in [1.807, 2.05) is 24.0 Å². The molecule has 1 aromatic carbocycles. The van der Waals surface area contributed by atoms with E-state index < -0.39 is 0 Å². The van der Waals surface area contributed by atoms with Crippen LogP contribution < -0.4 is 4.74 Å². The monoisotopic (exact) mass is 350 g/mol. The Bertz CT molecular complexity index is 678. The fourth-order valence-electron chi connectivity index (χ4n) is 2.63. The lowest BCUT2D eigenvalue weighted by molar-refractivity contribution is 0.0728. The predicted octanol–water partition coefficient (Wildman–Crippen LogP) is 4.31. The molecule has 4 nitrogen and oxygen atoms in total. The van der Waals surface area contributed by atoms with Gasteiger partial charge in [0.05, 0.1) is 5.69 Å². The number of hydrogen-bond donors (Lipinski definition) is 0. The summed E-state index contributed by atoms with van der Waals surface area (Å²) >= 11 is 7.28. The first-order valence-electron chi connectivity index (χ1n) is 7.77. The number of thiazole rings is 1. The van der Waals surface area contributed by atoms with E-state index in [1.165, 1.54) is 17.8 Å². The summed E-state index contributed by atoms with van der Waals surface area (Å²) in [4.78, 5) is 19.7. The number of carbonyl (C=O) groups is 1. The Hall–Kier alpha value is -1.59. The topological polar surface area (TPSA) is 42.4 Å². The van der Waals surface area contributed by atoms with Crippen LogP contribution in [0.25, 0.3) is 0 Å². The summed E-state index contributed by atoms with van der Waals surface area (Å²) in [7, 11) is 0. The highest BCUT2D eigenvalue weighted by molar-refractivity contribution is 7.13. The van der Waals surface area contributed by atoms with Crippen molar-refractivity contribution >= 4 is 28.8 Å². The molecule has 2 aromatic rings. The number of carbonyl (C=O) groups excluding carboxylic acids is 1. The summed E-state index contributed by atoms with van der Waals surface area (Å²) in [5, 5.41) is 1.50. The molecule has 0 aliphatic carbocycles. The molecule has 0 unspecified atom stereocenters. The van der Waals surface area contributed by atoms with Crippen LogP contribution in [0.3, 0.4) is 0 Å². The molecule has 0 spiro atoms. The van der Waals surface area contributed by atoms with E-state index in [9.17, 15) is 4.79 Å². The van der Waals surface area contributed by atoms with Gasteiger partial charge in [0.2, 0.25) is 0 Å². The second-order valence-corrected chi connectivity index (χ2v) is 7.14. The summed E-state index contributed by atoms with van der Waals surface area (Å²) in [6.45, 7) is 3.96. The molecule has 122 valence electrons. The lowest BCUT2D eigenvalue weighted by atomic mass is 10.1. The first kappa shape index (κ1) is 16.3. The van der Waals surface area contributed by atoms with Crippen LogP contribution in [0.15, 0.2) is 24.3 Å². The molecule has 1 aliphatic heterocycles. The average Bonchev–Trinajstić information content (AvgIpc) is 2.95. The van der Waals surface area contributed by atoms with Gasteiger partial charge < -0.3 is 9.64 Å². The molecular weight excluding hydrogens is 332 g/mol. The number of halogens is 1. The van der Waals surface area contributed by atoms with Crippen LogP contribution in [-0.2, 0) is 6.61 Å². The third kappa shape index (κ3) is 4.03. The van der Waals surface area contributed by atoms with Gasteiger partial charge in [-0.3, -0.25) is 4.79 Å². The van der Waals surface area contributed by atoms with Crippen molar-refractivity contribution in [2.75, 3.05) is 13.1 Å². The molecule has 1 saturated heterocycles. The number of hydrogen-bond acceptors (Lipinski definition) is 4. The van der Waals surface area contributed by atoms with Crippen LogP contribution in [0, 0.1) is 6.92 Å². The van der Waals surface area contributed by atoms with Crippen molar-refractivity contribution in [2.24, 2.45) is 0 Å². The lowest BCUT2D eigenvalue weighted by Crippen LogP contribution is -2.35. The van der Waals surface area contributed by atoms with E-state index >= 15 is 0 Å². The molecule has 0 N–H and O–H groups in total. The maximum Gasteiger partial charge on any atom is 0.265 e. The Morgan fingerprint density at radius 3 is 2.65 bits per heavy atom. The molecule has 0 atom stereocenters. The Kier molecular flexibility index (Phi) is 5.18. The predicted molar refractivity (Wildman–Crippen MR) is 92.4 cm³/mol. The fourth-order valence-corrected chi connectivity index (χ4v) is 3.70. The fraction of sp³-hybridized carbons (Fsp3) is 0.412. The van der Waals surface area contributed by atoms with Crippen LogP contribution >= 0.6 is 22.9 Å². The number of nitrogens with zero attached hydrogens (tertiary/aromatic N) is 2. The molecular formula is C17H19ClN2O2S. The normalized spacial score (nSPS) is 14.8. The molecule has 1 aliphatic rings. The molecule has 1 amide bonds. The highest BCUT2D eigenvalue weighted by atomic mass is 35.5. The van der Waals surface area contributed by atoms with Crippen LogP contribution in [0.2, 0.25) is 5.02 Å². The molecule has 0 radical (unpaired) electrons. The number of likely N-dealkylation sites (tertiary alicyclic amines) is 1. The third-order valence-corrected chi connectivity index (χ3v) is 5.23. The van der Waals surface area contributed by atoms with Gasteiger partial charge >= 0.3 is 0 Å². The zero-order chi connectivity index (χ0) is 16.2. The van der Waals surface area contributed by atoms with E-state index in [1.54, 1.807) is 12.1 Å². The minimum absolute atomic E-state index is 0.109. The number of benzene rings is 1. The van der Waals surface area contributed by atoms with Crippen molar-refractivity contribution in [3.05, 3.63) is 44.9 Å². The number of ether oxygens (including phenoxy) is 1. The summed E-state index contributed by atoms with van der Waals surface area (Å²) in [6, 6.07) is 7.22. The number of aryl methyl sites for hydroxylation is 1. The molecule has 0 bridgehead atoms. The first-order valence-corrected chi connectivity index (χ1v) is 8.97. The summed E-state index contributed by atoms with van der Waals surface area (Å²) < 4.78 is 5.70. The standard InChI is InChI=1S/C17H19ClN2O2S/c1-12-16(17(21)20-9-3-2-4-10-20)23-15(19-12)11-22-14-7-5-13(18)6-8-14/h5-8H,2-4,9-11H2,1H3. The van der Waals surface area contributed by atoms with Gasteiger partial charge in [-0.15, -0.1) is 11.3 Å². The summed E-state index contributed by atoms with van der Waals surface area (Å²) in [5.74, 6) is 0.851. The first-order chi connectivity index (χ1) is 11.1. The average molecular weight is 351 g/mol. The van der Waals surface area contributed by atoms with Crippen molar-refractivity contribution in [3.8, 4) is 5.75 Å². The number of rotatable bonds is 4. The van der Waals surface area contributed by atoms with E-state index in [2.05, 4.69) is 4.98 Å². The van der Waals surface area contributed by atoms with E-state index in [0.29, 0.717) is 11.6 Å². The Balaban J connectivity index is 1.65. The maximum absolute atomic E-state index is 12.6. The van der Waals surface area contributed by atoms with Gasteiger partial charge in [0.1, 0.15) is 22.2 Å². The van der Waals surface area contributed by atoms with E-state index in [4.69, 9.17) is 16.3 Å². The van der Waals surface area contributed by atoms with E-state index in [0.717, 1.165) is 47.3 Å². The van der Waals surface area contributed by atoms with Crippen molar-refractivity contribution in [1.29, 1.82) is 0 Å². The van der Waals surface area contributed by atoms with Gasteiger partial charge in [0, 0.05) is 18.1 Å². The second-order valence-electron chi connectivity index (χ2n) is 5.62. The third-order valence-electron chi connectivity index (χ3n) is 3.85. The van der Waals surface area contributed by atoms with Crippen molar-refractivity contribution in [3.63, 3.8) is 0 Å². The molecule has 3 rings (SSSR count). The maximum atomic E-state index is 12.6. The highest BCUT2D eigenvalue weighted by Gasteiger charge is 2.22. The van der Waals surface area contributed by atoms with Gasteiger partial charge in [-0.05, 0) is 50.5 Å².